The quantitative estimate of drug-likeness (QED) is 0.0398. The predicted octanol–water partition coefficient (Wildman–Crippen LogP) is 7.26. The van der Waals surface area contributed by atoms with Crippen molar-refractivity contribution in [3.8, 4) is 0 Å². The molecule has 0 aliphatic heterocycles. The Morgan fingerprint density at radius 3 is 0.743 bits per heavy atom. The first-order valence-electron chi connectivity index (χ1n) is 22.9. The zero-order valence-electron chi connectivity index (χ0n) is 41.5. The summed E-state index contributed by atoms with van der Waals surface area (Å²) >= 11 is 0. The molecule has 0 spiro atoms. The molecule has 0 radical (unpaired) electrons. The van der Waals surface area contributed by atoms with Gasteiger partial charge in [-0.3, -0.25) is 29.0 Å². The van der Waals surface area contributed by atoms with Crippen LogP contribution in [0.2, 0.25) is 0 Å². The molecule has 0 unspecified atom stereocenters. The van der Waals surface area contributed by atoms with Gasteiger partial charge in [0.25, 0.3) is 0 Å². The molecule has 0 aromatic heterocycles. The fraction of sp³-hybridized carbons (Fsp3) is 0.357. The Morgan fingerprint density at radius 2 is 0.557 bits per heavy atom. The van der Waals surface area contributed by atoms with Gasteiger partial charge in [-0.1, -0.05) is 97.1 Å². The van der Waals surface area contributed by atoms with E-state index in [1.807, 2.05) is 23.9 Å². The first-order chi connectivity index (χ1) is 32.6. The standard InChI is InChI=1S/C56H64N2O12/c1-53(2,65)47(59)39-19-11-35(12-20-39)45(36-13-21-40(22-14-36)48(60)54(3,4)66)57(9)31-33-69-51(63)43-27-29-44(30-28-43)52(64)70-34-32-58(10)46(37-15-23-41(24-16-37)49(61)55(5,6)67)38-17-25-42(26-18-38)50(62)56(7,8)68/h11-30,45-46,65-68H,31-34H2,1-10H3. The SMILES string of the molecule is CN(CCOC(=O)c1ccc(C(=O)OCCN(C)C(c2ccc(C(=O)C(C)(C)O)cc2)c2ccc(C(=O)C(C)(C)O)cc2)cc1)C(c1ccc(C(=O)C(C)(C)O)cc1)c1ccc(C(=O)C(C)(C)O)cc1. The third-order valence-electron chi connectivity index (χ3n) is 11.8. The van der Waals surface area contributed by atoms with E-state index < -0.39 is 69.6 Å². The molecule has 0 fully saturated rings. The van der Waals surface area contributed by atoms with E-state index in [4.69, 9.17) is 9.47 Å². The van der Waals surface area contributed by atoms with E-state index in [-0.39, 0.29) is 37.4 Å². The highest BCUT2D eigenvalue weighted by molar-refractivity contribution is 6.03. The van der Waals surface area contributed by atoms with E-state index in [1.165, 1.54) is 79.7 Å². The monoisotopic (exact) mass is 956 g/mol. The van der Waals surface area contributed by atoms with Crippen LogP contribution in [0.3, 0.4) is 0 Å². The van der Waals surface area contributed by atoms with E-state index in [2.05, 4.69) is 0 Å². The summed E-state index contributed by atoms with van der Waals surface area (Å²) in [4.78, 5) is 81.3. The molecular formula is C56H64N2O12. The highest BCUT2D eigenvalue weighted by atomic mass is 16.5. The minimum Gasteiger partial charge on any atom is -0.461 e. The Hall–Kier alpha value is -6.52. The van der Waals surface area contributed by atoms with Gasteiger partial charge in [-0.2, -0.15) is 0 Å². The highest BCUT2D eigenvalue weighted by Crippen LogP contribution is 2.31. The molecule has 0 aliphatic carbocycles. The van der Waals surface area contributed by atoms with Crippen molar-refractivity contribution in [3.63, 3.8) is 0 Å². The summed E-state index contributed by atoms with van der Waals surface area (Å²) in [5.41, 5.74) is -1.31. The summed E-state index contributed by atoms with van der Waals surface area (Å²) in [6.07, 6.45) is 0. The fourth-order valence-electron chi connectivity index (χ4n) is 7.81. The Bertz CT molecular complexity index is 2320. The third-order valence-corrected chi connectivity index (χ3v) is 11.8. The maximum atomic E-state index is 13.2. The van der Waals surface area contributed by atoms with Gasteiger partial charge in [0.2, 0.25) is 0 Å². The van der Waals surface area contributed by atoms with Gasteiger partial charge in [-0.15, -0.1) is 0 Å². The van der Waals surface area contributed by atoms with Crippen molar-refractivity contribution in [2.24, 2.45) is 0 Å². The lowest BCUT2D eigenvalue weighted by Gasteiger charge is -2.29. The Labute approximate surface area is 409 Å². The van der Waals surface area contributed by atoms with Crippen LogP contribution in [0, 0.1) is 0 Å². The number of carbonyl (C=O) groups excluding carboxylic acids is 6. The van der Waals surface area contributed by atoms with Crippen LogP contribution in [0.5, 0.6) is 0 Å². The molecule has 0 atom stereocenters. The number of likely N-dealkylation sites (N-methyl/N-ethyl adjacent to an activating group) is 2. The van der Waals surface area contributed by atoms with E-state index in [1.54, 1.807) is 97.1 Å². The molecule has 5 aromatic rings. The molecule has 70 heavy (non-hydrogen) atoms. The lowest BCUT2D eigenvalue weighted by atomic mass is 9.91. The summed E-state index contributed by atoms with van der Waals surface area (Å²) < 4.78 is 11.3. The summed E-state index contributed by atoms with van der Waals surface area (Å²) in [6, 6.07) is 32.4. The number of nitrogens with zero attached hydrogens (tertiary/aromatic N) is 2. The van der Waals surface area contributed by atoms with Gasteiger partial charge in [0.1, 0.15) is 35.6 Å². The second kappa shape index (κ2) is 22.1. The number of hydrogen-bond acceptors (Lipinski definition) is 14. The largest absolute Gasteiger partial charge is 0.461 e. The molecule has 14 heteroatoms. The van der Waals surface area contributed by atoms with Gasteiger partial charge in [-0.05, 0) is 116 Å². The van der Waals surface area contributed by atoms with E-state index in [9.17, 15) is 49.2 Å². The smallest absolute Gasteiger partial charge is 0.338 e. The number of ketones is 4. The van der Waals surface area contributed by atoms with Gasteiger partial charge in [0.05, 0.1) is 23.2 Å². The Balaban J connectivity index is 1.22. The molecule has 4 N–H and O–H groups in total. The highest BCUT2D eigenvalue weighted by Gasteiger charge is 2.30. The average molecular weight is 957 g/mol. The van der Waals surface area contributed by atoms with Gasteiger partial charge in [0.15, 0.2) is 23.1 Å². The summed E-state index contributed by atoms with van der Waals surface area (Å²) in [6.45, 7) is 11.9. The lowest BCUT2D eigenvalue weighted by Crippen LogP contribution is -2.32. The number of carbonyl (C=O) groups is 6. The summed E-state index contributed by atoms with van der Waals surface area (Å²) in [7, 11) is 3.68. The molecular weight excluding hydrogens is 893 g/mol. The molecule has 370 valence electrons. The first-order valence-corrected chi connectivity index (χ1v) is 22.9. The minimum atomic E-state index is -1.56. The van der Waals surface area contributed by atoms with E-state index in [0.29, 0.717) is 22.3 Å². The van der Waals surface area contributed by atoms with Crippen LogP contribution in [0.1, 0.15) is 152 Å². The van der Waals surface area contributed by atoms with Crippen LogP contribution in [-0.4, -0.2) is 128 Å². The Kier molecular flexibility index (Phi) is 17.1. The lowest BCUT2D eigenvalue weighted by molar-refractivity contribution is 0.0447. The van der Waals surface area contributed by atoms with E-state index in [0.717, 1.165) is 22.3 Å². The van der Waals surface area contributed by atoms with Gasteiger partial charge >= 0.3 is 11.9 Å². The molecule has 0 heterocycles. The van der Waals surface area contributed by atoms with Crippen molar-refractivity contribution in [3.05, 3.63) is 177 Å². The number of hydrogen-bond donors (Lipinski definition) is 4. The molecule has 14 nitrogen and oxygen atoms in total. The van der Waals surface area contributed by atoms with Crippen molar-refractivity contribution in [2.75, 3.05) is 40.4 Å². The second-order valence-corrected chi connectivity index (χ2v) is 19.7. The van der Waals surface area contributed by atoms with Gasteiger partial charge < -0.3 is 29.9 Å². The molecule has 5 rings (SSSR count). The third kappa shape index (κ3) is 13.8. The molecule has 0 bridgehead atoms. The van der Waals surface area contributed by atoms with Crippen LogP contribution in [-0.2, 0) is 9.47 Å². The first kappa shape index (κ1) is 54.4. The van der Waals surface area contributed by atoms with Crippen molar-refractivity contribution < 1.29 is 58.7 Å². The van der Waals surface area contributed by atoms with Crippen LogP contribution < -0.4 is 0 Å². The summed E-state index contributed by atoms with van der Waals surface area (Å²) in [5, 5.41) is 41.1. The van der Waals surface area contributed by atoms with Crippen LogP contribution in [0.4, 0.5) is 0 Å². The minimum absolute atomic E-state index is 0.0130. The summed E-state index contributed by atoms with van der Waals surface area (Å²) in [5.74, 6) is -2.96. The van der Waals surface area contributed by atoms with Crippen molar-refractivity contribution >= 4 is 35.1 Å². The number of Topliss-reactive ketones (excluding diaryl/α,β-unsaturated/α-hetero) is 4. The zero-order chi connectivity index (χ0) is 51.9. The van der Waals surface area contributed by atoms with E-state index >= 15 is 0 Å². The average Bonchev–Trinajstić information content (AvgIpc) is 3.30. The molecule has 0 amide bonds. The van der Waals surface area contributed by atoms with Crippen LogP contribution in [0.15, 0.2) is 121 Å². The van der Waals surface area contributed by atoms with Gasteiger partial charge in [0, 0.05) is 35.3 Å². The fourth-order valence-corrected chi connectivity index (χ4v) is 7.81. The number of rotatable bonds is 22. The predicted molar refractivity (Wildman–Crippen MR) is 264 cm³/mol. The second-order valence-electron chi connectivity index (χ2n) is 19.7. The molecule has 5 aromatic carbocycles. The van der Waals surface area contributed by atoms with Crippen LogP contribution in [0.25, 0.3) is 0 Å². The molecule has 0 aliphatic rings. The van der Waals surface area contributed by atoms with Gasteiger partial charge in [-0.25, -0.2) is 9.59 Å². The van der Waals surface area contributed by atoms with Crippen molar-refractivity contribution in [1.82, 2.24) is 9.80 Å². The normalized spacial score (nSPS) is 12.4. The zero-order valence-corrected chi connectivity index (χ0v) is 41.5. The van der Waals surface area contributed by atoms with Crippen molar-refractivity contribution in [2.45, 2.75) is 89.9 Å². The van der Waals surface area contributed by atoms with Crippen molar-refractivity contribution in [1.29, 1.82) is 0 Å². The maximum absolute atomic E-state index is 13.2. The van der Waals surface area contributed by atoms with Crippen LogP contribution >= 0.6 is 0 Å². The number of ether oxygens (including phenoxy) is 2. The topological polar surface area (TPSA) is 208 Å². The molecule has 0 saturated heterocycles. The number of aliphatic hydroxyl groups is 4. The number of benzene rings is 5. The molecule has 0 saturated carbocycles. The maximum Gasteiger partial charge on any atom is 0.338 e. The Morgan fingerprint density at radius 1 is 0.371 bits per heavy atom. The number of esters is 2.